The molecular weight excluding hydrogens is 275 g/mol. The molecule has 118 valence electrons. The van der Waals surface area contributed by atoms with Crippen molar-refractivity contribution in [2.75, 3.05) is 6.54 Å². The van der Waals surface area contributed by atoms with E-state index in [1.807, 2.05) is 6.92 Å². The normalized spacial score (nSPS) is 19.7. The minimum absolute atomic E-state index is 0.132. The minimum Gasteiger partial charge on any atom is -0.310 e. The van der Waals surface area contributed by atoms with Gasteiger partial charge in [0.05, 0.1) is 5.56 Å². The monoisotopic (exact) mass is 299 g/mol. The van der Waals surface area contributed by atoms with Crippen molar-refractivity contribution in [2.45, 2.75) is 58.7 Å². The van der Waals surface area contributed by atoms with E-state index >= 15 is 0 Å². The molecule has 1 N–H and O–H groups in total. The first-order valence-electron chi connectivity index (χ1n) is 7.69. The summed E-state index contributed by atoms with van der Waals surface area (Å²) in [5.41, 5.74) is 1.31. The number of halogens is 3. The van der Waals surface area contributed by atoms with Gasteiger partial charge in [0.2, 0.25) is 0 Å². The fraction of sp³-hybridized carbons (Fsp3) is 0.647. The summed E-state index contributed by atoms with van der Waals surface area (Å²) in [6.07, 6.45) is 0.403. The third kappa shape index (κ3) is 3.42. The topological polar surface area (TPSA) is 12.0 Å². The molecule has 1 aromatic carbocycles. The maximum atomic E-state index is 12.8. The molecule has 2 rings (SSSR count). The highest BCUT2D eigenvalue weighted by Gasteiger charge is 2.38. The van der Waals surface area contributed by atoms with Gasteiger partial charge in [-0.05, 0) is 55.0 Å². The molecule has 1 fully saturated rings. The fourth-order valence-corrected chi connectivity index (χ4v) is 3.58. The third-order valence-corrected chi connectivity index (χ3v) is 4.76. The van der Waals surface area contributed by atoms with Crippen LogP contribution in [0.25, 0.3) is 0 Å². The number of hydrogen-bond donors (Lipinski definition) is 1. The number of nitrogens with one attached hydrogen (secondary N) is 1. The number of rotatable bonds is 4. The van der Waals surface area contributed by atoms with Crippen LogP contribution in [0.5, 0.6) is 0 Å². The van der Waals surface area contributed by atoms with Crippen molar-refractivity contribution >= 4 is 0 Å². The highest BCUT2D eigenvalue weighted by molar-refractivity contribution is 5.36. The molecule has 4 heteroatoms. The first-order valence-corrected chi connectivity index (χ1v) is 7.69. The zero-order valence-corrected chi connectivity index (χ0v) is 13.0. The van der Waals surface area contributed by atoms with E-state index in [9.17, 15) is 13.2 Å². The van der Waals surface area contributed by atoms with E-state index in [1.54, 1.807) is 13.0 Å². The van der Waals surface area contributed by atoms with E-state index in [-0.39, 0.29) is 11.5 Å². The van der Waals surface area contributed by atoms with Crippen molar-refractivity contribution < 1.29 is 13.2 Å². The van der Waals surface area contributed by atoms with E-state index < -0.39 is 11.7 Å². The number of alkyl halides is 3. The van der Waals surface area contributed by atoms with Gasteiger partial charge in [0.15, 0.2) is 0 Å². The van der Waals surface area contributed by atoms with Gasteiger partial charge >= 0.3 is 6.18 Å². The van der Waals surface area contributed by atoms with Gasteiger partial charge in [0.25, 0.3) is 0 Å². The molecule has 0 aromatic heterocycles. The van der Waals surface area contributed by atoms with Crippen LogP contribution in [-0.2, 0) is 6.18 Å². The van der Waals surface area contributed by atoms with Crippen molar-refractivity contribution in [3.63, 3.8) is 0 Å². The zero-order chi connectivity index (χ0) is 15.7. The second kappa shape index (κ2) is 5.99. The lowest BCUT2D eigenvalue weighted by molar-refractivity contribution is -0.137. The summed E-state index contributed by atoms with van der Waals surface area (Å²) >= 11 is 0. The van der Waals surface area contributed by atoms with E-state index in [0.29, 0.717) is 0 Å². The number of hydrogen-bond acceptors (Lipinski definition) is 1. The summed E-state index contributed by atoms with van der Waals surface area (Å²) in [7, 11) is 0. The van der Waals surface area contributed by atoms with Crippen molar-refractivity contribution in [2.24, 2.45) is 5.41 Å². The van der Waals surface area contributed by atoms with Crippen LogP contribution in [0.2, 0.25) is 0 Å². The number of benzene rings is 1. The van der Waals surface area contributed by atoms with E-state index in [4.69, 9.17) is 0 Å². The van der Waals surface area contributed by atoms with Crippen LogP contribution >= 0.6 is 0 Å². The van der Waals surface area contributed by atoms with Gasteiger partial charge in [0, 0.05) is 6.04 Å². The molecule has 1 aliphatic rings. The standard InChI is InChI=1S/C17H24F3N/c1-4-21-15(16(3)9-5-6-10-16)14-8-7-13(11-12(14)2)17(18,19)20/h7-8,11,15,21H,4-6,9-10H2,1-3H3. The Morgan fingerprint density at radius 2 is 1.86 bits per heavy atom. The first kappa shape index (κ1) is 16.3. The van der Waals surface area contributed by atoms with Gasteiger partial charge in [-0.2, -0.15) is 13.2 Å². The molecular formula is C17H24F3N. The van der Waals surface area contributed by atoms with Crippen molar-refractivity contribution in [3.8, 4) is 0 Å². The molecule has 1 nitrogen and oxygen atoms in total. The van der Waals surface area contributed by atoms with Crippen molar-refractivity contribution in [1.29, 1.82) is 0 Å². The predicted molar refractivity (Wildman–Crippen MR) is 79.2 cm³/mol. The van der Waals surface area contributed by atoms with Crippen LogP contribution in [-0.4, -0.2) is 6.54 Å². The van der Waals surface area contributed by atoms with Gasteiger partial charge in [0.1, 0.15) is 0 Å². The van der Waals surface area contributed by atoms with Gasteiger partial charge in [-0.3, -0.25) is 0 Å². The fourth-order valence-electron chi connectivity index (χ4n) is 3.58. The molecule has 0 aliphatic heterocycles. The van der Waals surface area contributed by atoms with Gasteiger partial charge in [-0.1, -0.05) is 32.8 Å². The van der Waals surface area contributed by atoms with Crippen LogP contribution in [0.15, 0.2) is 18.2 Å². The van der Waals surface area contributed by atoms with Crippen LogP contribution in [0.4, 0.5) is 13.2 Å². The molecule has 0 bridgehead atoms. The minimum atomic E-state index is -4.27. The SMILES string of the molecule is CCNC(c1ccc(C(F)(F)F)cc1C)C1(C)CCCC1. The van der Waals surface area contributed by atoms with Crippen LogP contribution < -0.4 is 5.32 Å². The van der Waals surface area contributed by atoms with Crippen molar-refractivity contribution in [3.05, 3.63) is 34.9 Å². The van der Waals surface area contributed by atoms with E-state index in [1.165, 1.54) is 25.0 Å². The second-order valence-electron chi connectivity index (χ2n) is 6.42. The lowest BCUT2D eigenvalue weighted by atomic mass is 9.76. The van der Waals surface area contributed by atoms with Crippen molar-refractivity contribution in [1.82, 2.24) is 5.32 Å². The Kier molecular flexibility index (Phi) is 4.66. The molecule has 0 radical (unpaired) electrons. The Balaban J connectivity index is 2.37. The Bertz CT molecular complexity index is 487. The van der Waals surface area contributed by atoms with E-state index in [0.717, 1.165) is 30.5 Å². The molecule has 1 aromatic rings. The average molecular weight is 299 g/mol. The summed E-state index contributed by atoms with van der Waals surface area (Å²) in [5.74, 6) is 0. The Morgan fingerprint density at radius 3 is 2.33 bits per heavy atom. The summed E-state index contributed by atoms with van der Waals surface area (Å²) in [5, 5.41) is 3.50. The molecule has 1 aliphatic carbocycles. The molecule has 0 amide bonds. The molecule has 0 saturated heterocycles. The predicted octanol–water partition coefficient (Wildman–Crippen LogP) is 5.24. The third-order valence-electron chi connectivity index (χ3n) is 4.76. The summed E-state index contributed by atoms with van der Waals surface area (Å²) < 4.78 is 38.4. The lowest BCUT2D eigenvalue weighted by Crippen LogP contribution is -2.35. The van der Waals surface area contributed by atoms with E-state index in [2.05, 4.69) is 12.2 Å². The molecule has 0 spiro atoms. The highest BCUT2D eigenvalue weighted by Crippen LogP contribution is 2.48. The number of aryl methyl sites for hydroxylation is 1. The molecule has 1 atom stereocenters. The summed E-state index contributed by atoms with van der Waals surface area (Å²) in [6, 6.07) is 4.28. The average Bonchev–Trinajstić information content (AvgIpc) is 2.83. The molecule has 1 saturated carbocycles. The van der Waals surface area contributed by atoms with Crippen LogP contribution in [0.3, 0.4) is 0 Å². The summed E-state index contributed by atoms with van der Waals surface area (Å²) in [4.78, 5) is 0. The first-order chi connectivity index (χ1) is 9.78. The quantitative estimate of drug-likeness (QED) is 0.801. The lowest BCUT2D eigenvalue weighted by Gasteiger charge is -2.36. The smallest absolute Gasteiger partial charge is 0.310 e. The Hall–Kier alpha value is -1.03. The largest absolute Gasteiger partial charge is 0.416 e. The molecule has 1 unspecified atom stereocenters. The molecule has 0 heterocycles. The zero-order valence-electron chi connectivity index (χ0n) is 13.0. The van der Waals surface area contributed by atoms with Gasteiger partial charge in [-0.25, -0.2) is 0 Å². The van der Waals surface area contributed by atoms with Crippen LogP contribution in [0.1, 0.15) is 62.3 Å². The Labute approximate surface area is 124 Å². The molecule has 21 heavy (non-hydrogen) atoms. The van der Waals surface area contributed by atoms with Crippen LogP contribution in [0, 0.1) is 12.3 Å². The van der Waals surface area contributed by atoms with Gasteiger partial charge in [-0.15, -0.1) is 0 Å². The van der Waals surface area contributed by atoms with Gasteiger partial charge < -0.3 is 5.32 Å². The maximum Gasteiger partial charge on any atom is 0.416 e. The Morgan fingerprint density at radius 1 is 1.24 bits per heavy atom. The maximum absolute atomic E-state index is 12.8. The second-order valence-corrected chi connectivity index (χ2v) is 6.42. The summed E-state index contributed by atoms with van der Waals surface area (Å²) in [6.45, 7) is 6.91. The highest BCUT2D eigenvalue weighted by atomic mass is 19.4.